The van der Waals surface area contributed by atoms with Gasteiger partial charge in [-0.2, -0.15) is 0 Å². The Bertz CT molecular complexity index is 863. The minimum Gasteiger partial charge on any atom is -0.245 e. The van der Waals surface area contributed by atoms with Crippen molar-refractivity contribution < 1.29 is 0 Å². The van der Waals surface area contributed by atoms with E-state index in [2.05, 4.69) is 32.4 Å². The molecule has 5 nitrogen and oxygen atoms in total. The van der Waals surface area contributed by atoms with Crippen LogP contribution in [0.4, 0.5) is 0 Å². The molecule has 92 valence electrons. The number of hydrogen-bond acceptors (Lipinski definition) is 5. The van der Waals surface area contributed by atoms with Crippen molar-refractivity contribution in [3.8, 4) is 0 Å². The van der Waals surface area contributed by atoms with E-state index in [4.69, 9.17) is 0 Å². The number of rotatable bonds is 2. The number of nitrogens with zero attached hydrogens (tertiary/aromatic N) is 5. The average Bonchev–Trinajstić information content (AvgIpc) is 3.06. The monoisotopic (exact) mass is 267 g/mol. The SMILES string of the molecule is c1cnc2c(c1)nnn2Cc1ccc2ncsc2c1. The van der Waals surface area contributed by atoms with Gasteiger partial charge in [-0.05, 0) is 29.8 Å². The number of fused-ring (bicyclic) bond motifs is 2. The number of benzene rings is 1. The molecule has 19 heavy (non-hydrogen) atoms. The molecule has 0 bridgehead atoms. The van der Waals surface area contributed by atoms with Gasteiger partial charge in [-0.3, -0.25) is 0 Å². The van der Waals surface area contributed by atoms with Crippen molar-refractivity contribution in [2.24, 2.45) is 0 Å². The quantitative estimate of drug-likeness (QED) is 0.560. The average molecular weight is 267 g/mol. The van der Waals surface area contributed by atoms with Gasteiger partial charge in [0, 0.05) is 6.20 Å². The van der Waals surface area contributed by atoms with Crippen LogP contribution in [0.5, 0.6) is 0 Å². The summed E-state index contributed by atoms with van der Waals surface area (Å²) in [5.41, 5.74) is 5.71. The molecule has 0 aliphatic carbocycles. The summed E-state index contributed by atoms with van der Waals surface area (Å²) in [5.74, 6) is 0. The lowest BCUT2D eigenvalue weighted by Crippen LogP contribution is -2.02. The maximum absolute atomic E-state index is 4.32. The Balaban J connectivity index is 1.77. The highest BCUT2D eigenvalue weighted by molar-refractivity contribution is 7.16. The molecule has 0 atom stereocenters. The molecule has 0 amide bonds. The zero-order valence-corrected chi connectivity index (χ0v) is 10.7. The summed E-state index contributed by atoms with van der Waals surface area (Å²) < 4.78 is 3.01. The molecule has 0 aliphatic rings. The van der Waals surface area contributed by atoms with E-state index in [0.29, 0.717) is 6.54 Å². The van der Waals surface area contributed by atoms with Crippen LogP contribution in [0.15, 0.2) is 42.0 Å². The third-order valence-corrected chi connectivity index (χ3v) is 3.79. The molecule has 4 rings (SSSR count). The minimum atomic E-state index is 0.668. The highest BCUT2D eigenvalue weighted by Crippen LogP contribution is 2.20. The van der Waals surface area contributed by atoms with E-state index in [0.717, 1.165) is 16.7 Å². The Morgan fingerprint density at radius 2 is 2.11 bits per heavy atom. The summed E-state index contributed by atoms with van der Waals surface area (Å²) in [6, 6.07) is 10.0. The summed E-state index contributed by atoms with van der Waals surface area (Å²) in [4.78, 5) is 8.60. The molecule has 0 radical (unpaired) electrons. The zero-order valence-electron chi connectivity index (χ0n) is 9.89. The van der Waals surface area contributed by atoms with Crippen LogP contribution in [-0.2, 0) is 6.54 Å². The number of pyridine rings is 1. The second kappa shape index (κ2) is 4.10. The second-order valence-corrected chi connectivity index (χ2v) is 5.13. The van der Waals surface area contributed by atoms with Crippen molar-refractivity contribution in [3.05, 3.63) is 47.6 Å². The van der Waals surface area contributed by atoms with Crippen LogP contribution in [0.2, 0.25) is 0 Å². The molecule has 0 N–H and O–H groups in total. The lowest BCUT2D eigenvalue weighted by Gasteiger charge is -2.01. The predicted molar refractivity (Wildman–Crippen MR) is 74.0 cm³/mol. The molecular formula is C13H9N5S. The molecule has 4 aromatic rings. The summed E-state index contributed by atoms with van der Waals surface area (Å²) in [5, 5.41) is 8.26. The molecule has 1 aromatic carbocycles. The van der Waals surface area contributed by atoms with Crippen molar-refractivity contribution in [2.45, 2.75) is 6.54 Å². The molecule has 3 aromatic heterocycles. The Morgan fingerprint density at radius 3 is 3.11 bits per heavy atom. The lowest BCUT2D eigenvalue weighted by atomic mass is 10.2. The minimum absolute atomic E-state index is 0.668. The first-order valence-corrected chi connectivity index (χ1v) is 6.74. The first-order valence-electron chi connectivity index (χ1n) is 5.86. The van der Waals surface area contributed by atoms with Crippen molar-refractivity contribution >= 4 is 32.7 Å². The van der Waals surface area contributed by atoms with Gasteiger partial charge in [0.15, 0.2) is 5.65 Å². The Kier molecular flexibility index (Phi) is 2.28. The molecule has 0 spiro atoms. The normalized spacial score (nSPS) is 11.4. The molecule has 6 heteroatoms. The van der Waals surface area contributed by atoms with Crippen LogP contribution in [0.25, 0.3) is 21.4 Å². The summed E-state index contributed by atoms with van der Waals surface area (Å²) >= 11 is 1.65. The largest absolute Gasteiger partial charge is 0.245 e. The topological polar surface area (TPSA) is 56.5 Å². The van der Waals surface area contributed by atoms with Crippen LogP contribution < -0.4 is 0 Å². The van der Waals surface area contributed by atoms with Gasteiger partial charge >= 0.3 is 0 Å². The fourth-order valence-corrected chi connectivity index (χ4v) is 2.83. The summed E-state index contributed by atoms with van der Waals surface area (Å²) in [7, 11) is 0. The lowest BCUT2D eigenvalue weighted by molar-refractivity contribution is 0.664. The number of thiazole rings is 1. The van der Waals surface area contributed by atoms with Crippen molar-refractivity contribution in [3.63, 3.8) is 0 Å². The second-order valence-electron chi connectivity index (χ2n) is 4.25. The van der Waals surface area contributed by atoms with Gasteiger partial charge in [0.25, 0.3) is 0 Å². The number of aromatic nitrogens is 5. The van der Waals surface area contributed by atoms with Crippen LogP contribution in [0, 0.1) is 0 Å². The van der Waals surface area contributed by atoms with Gasteiger partial charge in [0.2, 0.25) is 0 Å². The van der Waals surface area contributed by atoms with E-state index in [-0.39, 0.29) is 0 Å². The van der Waals surface area contributed by atoms with E-state index in [1.165, 1.54) is 10.3 Å². The van der Waals surface area contributed by atoms with Crippen LogP contribution >= 0.6 is 11.3 Å². The van der Waals surface area contributed by atoms with Gasteiger partial charge in [-0.25, -0.2) is 14.6 Å². The smallest absolute Gasteiger partial charge is 0.178 e. The maximum Gasteiger partial charge on any atom is 0.178 e. The molecule has 0 fully saturated rings. The standard InChI is InChI=1S/C13H9N5S/c1-2-11-13(14-5-1)18(17-16-11)7-9-3-4-10-12(6-9)19-8-15-10/h1-6,8H,7H2. The highest BCUT2D eigenvalue weighted by atomic mass is 32.1. The third-order valence-electron chi connectivity index (χ3n) is 3.00. The van der Waals surface area contributed by atoms with Crippen molar-refractivity contribution in [1.82, 2.24) is 25.0 Å². The van der Waals surface area contributed by atoms with E-state index in [1.54, 1.807) is 17.5 Å². The number of hydrogen-bond donors (Lipinski definition) is 0. The van der Waals surface area contributed by atoms with Crippen LogP contribution in [0.1, 0.15) is 5.56 Å². The summed E-state index contributed by atoms with van der Waals surface area (Å²) in [6.45, 7) is 0.668. The molecular weight excluding hydrogens is 258 g/mol. The first kappa shape index (κ1) is 10.6. The first-order chi connectivity index (χ1) is 9.40. The van der Waals surface area contributed by atoms with E-state index in [9.17, 15) is 0 Å². The van der Waals surface area contributed by atoms with Crippen molar-refractivity contribution in [1.29, 1.82) is 0 Å². The molecule has 0 saturated carbocycles. The Morgan fingerprint density at radius 1 is 1.11 bits per heavy atom. The fraction of sp³-hybridized carbons (Fsp3) is 0.0769. The maximum atomic E-state index is 4.32. The van der Waals surface area contributed by atoms with Gasteiger partial charge in [-0.1, -0.05) is 11.3 Å². The van der Waals surface area contributed by atoms with Crippen LogP contribution in [0.3, 0.4) is 0 Å². The highest BCUT2D eigenvalue weighted by Gasteiger charge is 2.06. The van der Waals surface area contributed by atoms with E-state index >= 15 is 0 Å². The third kappa shape index (κ3) is 1.77. The van der Waals surface area contributed by atoms with Gasteiger partial charge < -0.3 is 0 Å². The van der Waals surface area contributed by atoms with E-state index in [1.807, 2.05) is 28.4 Å². The Hall–Kier alpha value is -2.34. The molecule has 0 aliphatic heterocycles. The van der Waals surface area contributed by atoms with Crippen molar-refractivity contribution in [2.75, 3.05) is 0 Å². The predicted octanol–water partition coefficient (Wildman–Crippen LogP) is 2.48. The van der Waals surface area contributed by atoms with Gasteiger partial charge in [0.05, 0.1) is 22.3 Å². The van der Waals surface area contributed by atoms with E-state index < -0.39 is 0 Å². The van der Waals surface area contributed by atoms with Crippen LogP contribution in [-0.4, -0.2) is 25.0 Å². The molecule has 0 saturated heterocycles. The Labute approximate surface area is 112 Å². The summed E-state index contributed by atoms with van der Waals surface area (Å²) in [6.07, 6.45) is 1.76. The molecule has 3 heterocycles. The zero-order chi connectivity index (χ0) is 12.7. The fourth-order valence-electron chi connectivity index (χ4n) is 2.09. The van der Waals surface area contributed by atoms with Gasteiger partial charge in [-0.15, -0.1) is 16.4 Å². The molecule has 0 unspecified atom stereocenters. The van der Waals surface area contributed by atoms with Gasteiger partial charge in [0.1, 0.15) is 5.52 Å².